The summed E-state index contributed by atoms with van der Waals surface area (Å²) in [6, 6.07) is 3.33. The average molecular weight is 209 g/mol. The molecule has 4 nitrogen and oxygen atoms in total. The van der Waals surface area contributed by atoms with E-state index in [1.54, 1.807) is 17.0 Å². The van der Waals surface area contributed by atoms with E-state index in [1.165, 1.54) is 6.26 Å². The van der Waals surface area contributed by atoms with E-state index in [4.69, 9.17) is 4.42 Å². The molecule has 0 aliphatic carbocycles. The molecule has 1 saturated heterocycles. The van der Waals surface area contributed by atoms with E-state index in [0.29, 0.717) is 18.7 Å². The lowest BCUT2D eigenvalue weighted by molar-refractivity contribution is 0.0608. The van der Waals surface area contributed by atoms with Crippen LogP contribution >= 0.6 is 0 Å². The summed E-state index contributed by atoms with van der Waals surface area (Å²) in [4.78, 5) is 13.7. The molecule has 1 fully saturated rings. The first-order valence-electron chi connectivity index (χ1n) is 5.04. The molecule has 1 aliphatic rings. The van der Waals surface area contributed by atoms with Gasteiger partial charge in [-0.1, -0.05) is 0 Å². The van der Waals surface area contributed by atoms with E-state index in [0.717, 1.165) is 0 Å². The van der Waals surface area contributed by atoms with Gasteiger partial charge in [-0.25, -0.2) is 0 Å². The minimum absolute atomic E-state index is 0.151. The van der Waals surface area contributed by atoms with Crippen molar-refractivity contribution in [2.24, 2.45) is 0 Å². The molecule has 1 aliphatic heterocycles. The molecule has 2 rings (SSSR count). The van der Waals surface area contributed by atoms with Gasteiger partial charge in [0.15, 0.2) is 5.76 Å². The Labute approximate surface area is 88.5 Å². The number of hydrogen-bond donors (Lipinski definition) is 1. The zero-order chi connectivity index (χ0) is 11.1. The standard InChI is InChI=1S/C11H15NO3/c1-11(2)6-8(13)7-12(11)10(14)9-4-3-5-15-9/h3-5,8,13H,6-7H2,1-2H3. The summed E-state index contributed by atoms with van der Waals surface area (Å²) in [6.07, 6.45) is 1.66. The van der Waals surface area contributed by atoms with Crippen LogP contribution in [0.15, 0.2) is 22.8 Å². The molecule has 1 aromatic rings. The van der Waals surface area contributed by atoms with Gasteiger partial charge in [-0.2, -0.15) is 0 Å². The Balaban J connectivity index is 2.21. The maximum absolute atomic E-state index is 12.0. The fourth-order valence-corrected chi connectivity index (χ4v) is 2.10. The van der Waals surface area contributed by atoms with Crippen molar-refractivity contribution < 1.29 is 14.3 Å². The number of nitrogens with zero attached hydrogens (tertiary/aromatic N) is 1. The summed E-state index contributed by atoms with van der Waals surface area (Å²) in [7, 11) is 0. The molecule has 0 aromatic carbocycles. The Kier molecular flexibility index (Phi) is 2.31. The molecule has 0 bridgehead atoms. The zero-order valence-electron chi connectivity index (χ0n) is 8.93. The number of rotatable bonds is 1. The summed E-state index contributed by atoms with van der Waals surface area (Å²) in [6.45, 7) is 4.28. The molecule has 1 unspecified atom stereocenters. The van der Waals surface area contributed by atoms with Gasteiger partial charge in [-0.05, 0) is 32.4 Å². The number of aliphatic hydroxyl groups is 1. The first-order chi connectivity index (χ1) is 7.00. The maximum Gasteiger partial charge on any atom is 0.290 e. The highest BCUT2D eigenvalue weighted by atomic mass is 16.3. The van der Waals surface area contributed by atoms with Gasteiger partial charge in [-0.15, -0.1) is 0 Å². The van der Waals surface area contributed by atoms with Crippen molar-refractivity contribution in [3.8, 4) is 0 Å². The van der Waals surface area contributed by atoms with Crippen LogP contribution in [0.1, 0.15) is 30.8 Å². The highest BCUT2D eigenvalue weighted by Crippen LogP contribution is 2.30. The number of furan rings is 1. The Morgan fingerprint density at radius 1 is 1.67 bits per heavy atom. The van der Waals surface area contributed by atoms with Crippen LogP contribution in [0.25, 0.3) is 0 Å². The monoisotopic (exact) mass is 209 g/mol. The van der Waals surface area contributed by atoms with Crippen molar-refractivity contribution in [1.82, 2.24) is 4.90 Å². The molecule has 0 radical (unpaired) electrons. The normalized spacial score (nSPS) is 24.5. The Bertz CT molecular complexity index is 356. The smallest absolute Gasteiger partial charge is 0.290 e. The van der Waals surface area contributed by atoms with E-state index in [9.17, 15) is 9.90 Å². The van der Waals surface area contributed by atoms with Crippen molar-refractivity contribution in [3.05, 3.63) is 24.2 Å². The molecule has 1 aromatic heterocycles. The minimum atomic E-state index is -0.432. The van der Waals surface area contributed by atoms with Crippen molar-refractivity contribution in [1.29, 1.82) is 0 Å². The number of carbonyl (C=O) groups is 1. The summed E-state index contributed by atoms with van der Waals surface area (Å²) >= 11 is 0. The van der Waals surface area contributed by atoms with Crippen molar-refractivity contribution in [3.63, 3.8) is 0 Å². The molecule has 0 saturated carbocycles. The largest absolute Gasteiger partial charge is 0.459 e. The molecule has 0 spiro atoms. The van der Waals surface area contributed by atoms with Gasteiger partial charge < -0.3 is 14.4 Å². The fraction of sp³-hybridized carbons (Fsp3) is 0.545. The van der Waals surface area contributed by atoms with Crippen LogP contribution in [0.3, 0.4) is 0 Å². The van der Waals surface area contributed by atoms with E-state index in [2.05, 4.69) is 0 Å². The average Bonchev–Trinajstić information content (AvgIpc) is 2.71. The number of β-amino-alcohol motifs (C(OH)–C–C–N with tert-alkyl or cyclic N) is 1. The van der Waals surface area contributed by atoms with Crippen LogP contribution in [0.2, 0.25) is 0 Å². The predicted octanol–water partition coefficient (Wildman–Crippen LogP) is 1.27. The lowest BCUT2D eigenvalue weighted by atomic mass is 10.0. The van der Waals surface area contributed by atoms with E-state index in [-0.39, 0.29) is 11.4 Å². The Hall–Kier alpha value is -1.29. The number of likely N-dealkylation sites (tertiary alicyclic amines) is 1. The van der Waals surface area contributed by atoms with Crippen LogP contribution in [0.5, 0.6) is 0 Å². The highest BCUT2D eigenvalue weighted by molar-refractivity contribution is 5.92. The molecular formula is C11H15NO3. The van der Waals surface area contributed by atoms with Gasteiger partial charge in [-0.3, -0.25) is 4.79 Å². The highest BCUT2D eigenvalue weighted by Gasteiger charge is 2.41. The third kappa shape index (κ3) is 1.77. The first-order valence-corrected chi connectivity index (χ1v) is 5.04. The molecule has 2 heterocycles. The molecule has 15 heavy (non-hydrogen) atoms. The van der Waals surface area contributed by atoms with E-state index >= 15 is 0 Å². The number of carbonyl (C=O) groups excluding carboxylic acids is 1. The lowest BCUT2D eigenvalue weighted by Gasteiger charge is -2.30. The number of amides is 1. The fourth-order valence-electron chi connectivity index (χ4n) is 2.10. The summed E-state index contributed by atoms with van der Waals surface area (Å²) in [5.74, 6) is 0.179. The molecule has 82 valence electrons. The lowest BCUT2D eigenvalue weighted by Crippen LogP contribution is -2.42. The topological polar surface area (TPSA) is 53.7 Å². The quantitative estimate of drug-likeness (QED) is 0.757. The van der Waals surface area contributed by atoms with Gasteiger partial charge in [0.25, 0.3) is 5.91 Å². The zero-order valence-corrected chi connectivity index (χ0v) is 8.93. The summed E-state index contributed by atoms with van der Waals surface area (Å²) < 4.78 is 5.06. The third-order valence-corrected chi connectivity index (χ3v) is 2.84. The summed E-state index contributed by atoms with van der Waals surface area (Å²) in [5, 5.41) is 9.56. The van der Waals surface area contributed by atoms with Crippen LogP contribution in [0.4, 0.5) is 0 Å². The number of hydrogen-bond acceptors (Lipinski definition) is 3. The Morgan fingerprint density at radius 2 is 2.40 bits per heavy atom. The molecule has 1 N–H and O–H groups in total. The molecule has 1 amide bonds. The first kappa shape index (κ1) is 10.2. The molecule has 1 atom stereocenters. The third-order valence-electron chi connectivity index (χ3n) is 2.84. The van der Waals surface area contributed by atoms with Crippen molar-refractivity contribution in [2.75, 3.05) is 6.54 Å². The molecule has 4 heteroatoms. The van der Waals surface area contributed by atoms with Gasteiger partial charge in [0, 0.05) is 12.1 Å². The van der Waals surface area contributed by atoms with Gasteiger partial charge in [0.1, 0.15) is 0 Å². The van der Waals surface area contributed by atoms with Crippen LogP contribution in [-0.2, 0) is 0 Å². The Morgan fingerprint density at radius 3 is 2.87 bits per heavy atom. The van der Waals surface area contributed by atoms with E-state index < -0.39 is 6.10 Å². The SMILES string of the molecule is CC1(C)CC(O)CN1C(=O)c1ccco1. The van der Waals surface area contributed by atoms with Crippen molar-refractivity contribution >= 4 is 5.91 Å². The predicted molar refractivity (Wildman–Crippen MR) is 54.4 cm³/mol. The second kappa shape index (κ2) is 3.38. The van der Waals surface area contributed by atoms with Gasteiger partial charge >= 0.3 is 0 Å². The van der Waals surface area contributed by atoms with E-state index in [1.807, 2.05) is 13.8 Å². The second-order valence-electron chi connectivity index (χ2n) is 4.56. The maximum atomic E-state index is 12.0. The minimum Gasteiger partial charge on any atom is -0.459 e. The second-order valence-corrected chi connectivity index (χ2v) is 4.56. The molecular weight excluding hydrogens is 194 g/mol. The van der Waals surface area contributed by atoms with Gasteiger partial charge in [0.2, 0.25) is 0 Å². The summed E-state index contributed by atoms with van der Waals surface area (Å²) in [5.41, 5.74) is -0.302. The number of aliphatic hydroxyl groups excluding tert-OH is 1. The van der Waals surface area contributed by atoms with Crippen LogP contribution < -0.4 is 0 Å². The van der Waals surface area contributed by atoms with Crippen molar-refractivity contribution in [2.45, 2.75) is 31.9 Å². The van der Waals surface area contributed by atoms with Gasteiger partial charge in [0.05, 0.1) is 12.4 Å². The van der Waals surface area contributed by atoms with Crippen LogP contribution in [0, 0.1) is 0 Å². The van der Waals surface area contributed by atoms with Crippen LogP contribution in [-0.4, -0.2) is 34.1 Å².